The van der Waals surface area contributed by atoms with Gasteiger partial charge in [0.05, 0.1) is 7.11 Å². The van der Waals surface area contributed by atoms with Crippen LogP contribution >= 0.6 is 11.6 Å². The second kappa shape index (κ2) is 5.84. The minimum atomic E-state index is -0.211. The van der Waals surface area contributed by atoms with Gasteiger partial charge in [-0.1, -0.05) is 17.7 Å². The molecule has 0 saturated heterocycles. The molecule has 2 rings (SSSR count). The molecule has 0 fully saturated rings. The predicted molar refractivity (Wildman–Crippen MR) is 78.8 cm³/mol. The average molecular weight is 292 g/mol. The lowest BCUT2D eigenvalue weighted by atomic mass is 10.2. The third-order valence-electron chi connectivity index (χ3n) is 2.93. The largest absolute Gasteiger partial charge is 0.504 e. The van der Waals surface area contributed by atoms with Crippen molar-refractivity contribution >= 4 is 23.2 Å². The molecule has 104 valence electrons. The Morgan fingerprint density at radius 3 is 2.60 bits per heavy atom. The molecule has 0 heterocycles. The number of hydrogen-bond donors (Lipinski definition) is 1. The number of halogens is 1. The molecule has 2 aromatic carbocycles. The molecule has 0 radical (unpaired) electrons. The van der Waals surface area contributed by atoms with Crippen molar-refractivity contribution in [3.8, 4) is 11.5 Å². The minimum Gasteiger partial charge on any atom is -0.504 e. The van der Waals surface area contributed by atoms with Gasteiger partial charge in [0.1, 0.15) is 0 Å². The fourth-order valence-corrected chi connectivity index (χ4v) is 2.01. The number of aromatic hydroxyl groups is 1. The second-order valence-electron chi connectivity index (χ2n) is 4.23. The van der Waals surface area contributed by atoms with Crippen LogP contribution in [0.25, 0.3) is 0 Å². The van der Waals surface area contributed by atoms with E-state index in [9.17, 15) is 9.90 Å². The zero-order chi connectivity index (χ0) is 14.7. The fourth-order valence-electron chi connectivity index (χ4n) is 1.82. The Bertz CT molecular complexity index is 643. The molecule has 0 spiro atoms. The van der Waals surface area contributed by atoms with Crippen LogP contribution in [0.1, 0.15) is 10.4 Å². The normalized spacial score (nSPS) is 10.2. The van der Waals surface area contributed by atoms with Crippen molar-refractivity contribution in [2.45, 2.75) is 0 Å². The standard InChI is InChI=1S/C15H14ClNO3/c1-17(12-6-7-14(20-2)13(18)9-12)15(19)10-4-3-5-11(16)8-10/h3-9,18H,1-2H3. The van der Waals surface area contributed by atoms with Crippen LogP contribution in [-0.4, -0.2) is 25.2 Å². The van der Waals surface area contributed by atoms with E-state index in [2.05, 4.69) is 0 Å². The molecule has 1 amide bonds. The van der Waals surface area contributed by atoms with Crippen molar-refractivity contribution < 1.29 is 14.6 Å². The lowest BCUT2D eigenvalue weighted by molar-refractivity contribution is 0.0993. The second-order valence-corrected chi connectivity index (χ2v) is 4.67. The Kier molecular flexibility index (Phi) is 4.15. The SMILES string of the molecule is COc1ccc(N(C)C(=O)c2cccc(Cl)c2)cc1O. The minimum absolute atomic E-state index is 0.0178. The molecule has 1 N–H and O–H groups in total. The lowest BCUT2D eigenvalue weighted by Gasteiger charge is -2.18. The van der Waals surface area contributed by atoms with Crippen molar-refractivity contribution in [3.05, 3.63) is 53.1 Å². The molecule has 0 aliphatic rings. The summed E-state index contributed by atoms with van der Waals surface area (Å²) in [5.74, 6) is 0.130. The maximum atomic E-state index is 12.3. The molecular weight excluding hydrogens is 278 g/mol. The summed E-state index contributed by atoms with van der Waals surface area (Å²) in [7, 11) is 3.10. The average Bonchev–Trinajstić information content (AvgIpc) is 2.45. The highest BCUT2D eigenvalue weighted by molar-refractivity contribution is 6.31. The summed E-state index contributed by atoms with van der Waals surface area (Å²) in [6.07, 6.45) is 0. The van der Waals surface area contributed by atoms with Gasteiger partial charge in [-0.05, 0) is 30.3 Å². The highest BCUT2D eigenvalue weighted by Crippen LogP contribution is 2.30. The molecule has 20 heavy (non-hydrogen) atoms. The number of benzene rings is 2. The van der Waals surface area contributed by atoms with Crippen LogP contribution in [0, 0.1) is 0 Å². The van der Waals surface area contributed by atoms with Gasteiger partial charge in [-0.25, -0.2) is 0 Å². The first-order valence-electron chi connectivity index (χ1n) is 5.93. The molecule has 0 bridgehead atoms. The van der Waals surface area contributed by atoms with Gasteiger partial charge in [0, 0.05) is 29.4 Å². The van der Waals surface area contributed by atoms with E-state index in [4.69, 9.17) is 16.3 Å². The quantitative estimate of drug-likeness (QED) is 0.943. The Morgan fingerprint density at radius 1 is 1.25 bits per heavy atom. The van der Waals surface area contributed by atoms with Crippen LogP contribution in [0.4, 0.5) is 5.69 Å². The smallest absolute Gasteiger partial charge is 0.258 e. The number of carbonyl (C=O) groups excluding carboxylic acids is 1. The van der Waals surface area contributed by atoms with E-state index in [1.165, 1.54) is 18.1 Å². The number of rotatable bonds is 3. The summed E-state index contributed by atoms with van der Waals surface area (Å²) in [6.45, 7) is 0. The van der Waals surface area contributed by atoms with Crippen molar-refractivity contribution in [2.24, 2.45) is 0 Å². The topological polar surface area (TPSA) is 49.8 Å². The first kappa shape index (κ1) is 14.2. The van der Waals surface area contributed by atoms with E-state index in [0.29, 0.717) is 22.0 Å². The molecule has 2 aromatic rings. The third kappa shape index (κ3) is 2.86. The molecule has 5 heteroatoms. The van der Waals surface area contributed by atoms with Crippen LogP contribution in [0.5, 0.6) is 11.5 Å². The number of carbonyl (C=O) groups is 1. The monoisotopic (exact) mass is 291 g/mol. The van der Waals surface area contributed by atoms with Crippen molar-refractivity contribution in [1.29, 1.82) is 0 Å². The molecule has 0 aliphatic carbocycles. The maximum Gasteiger partial charge on any atom is 0.258 e. The van der Waals surface area contributed by atoms with Gasteiger partial charge in [-0.3, -0.25) is 4.79 Å². The number of nitrogens with zero attached hydrogens (tertiary/aromatic N) is 1. The van der Waals surface area contributed by atoms with Crippen LogP contribution in [0.2, 0.25) is 5.02 Å². The van der Waals surface area contributed by atoms with Crippen LogP contribution in [-0.2, 0) is 0 Å². The van der Waals surface area contributed by atoms with Gasteiger partial charge in [0.2, 0.25) is 0 Å². The van der Waals surface area contributed by atoms with Gasteiger partial charge in [0.15, 0.2) is 11.5 Å². The Labute approximate surface area is 122 Å². The number of methoxy groups -OCH3 is 1. The number of hydrogen-bond acceptors (Lipinski definition) is 3. The van der Waals surface area contributed by atoms with E-state index in [1.807, 2.05) is 0 Å². The molecule has 0 aliphatic heterocycles. The summed E-state index contributed by atoms with van der Waals surface area (Å²) in [4.78, 5) is 13.8. The predicted octanol–water partition coefficient (Wildman–Crippen LogP) is 3.33. The number of phenolic OH excluding ortho intramolecular Hbond substituents is 1. The zero-order valence-corrected chi connectivity index (χ0v) is 11.9. The van der Waals surface area contributed by atoms with Gasteiger partial charge in [-0.2, -0.15) is 0 Å². The van der Waals surface area contributed by atoms with Crippen molar-refractivity contribution in [2.75, 3.05) is 19.1 Å². The van der Waals surface area contributed by atoms with Crippen LogP contribution in [0.3, 0.4) is 0 Å². The van der Waals surface area contributed by atoms with E-state index >= 15 is 0 Å². The Morgan fingerprint density at radius 2 is 2.00 bits per heavy atom. The first-order valence-corrected chi connectivity index (χ1v) is 6.31. The third-order valence-corrected chi connectivity index (χ3v) is 3.16. The van der Waals surface area contributed by atoms with Gasteiger partial charge in [-0.15, -0.1) is 0 Å². The maximum absolute atomic E-state index is 12.3. The van der Waals surface area contributed by atoms with Gasteiger partial charge in [0.25, 0.3) is 5.91 Å². The summed E-state index contributed by atoms with van der Waals surface area (Å²) < 4.78 is 4.97. The summed E-state index contributed by atoms with van der Waals surface area (Å²) in [5, 5.41) is 10.3. The van der Waals surface area contributed by atoms with Crippen molar-refractivity contribution in [3.63, 3.8) is 0 Å². The zero-order valence-electron chi connectivity index (χ0n) is 11.1. The lowest BCUT2D eigenvalue weighted by Crippen LogP contribution is -2.26. The molecule has 0 unspecified atom stereocenters. The van der Waals surface area contributed by atoms with E-state index in [0.717, 1.165) is 0 Å². The van der Waals surface area contributed by atoms with Crippen molar-refractivity contribution in [1.82, 2.24) is 0 Å². The highest BCUT2D eigenvalue weighted by Gasteiger charge is 2.15. The number of amides is 1. The Hall–Kier alpha value is -2.20. The Balaban J connectivity index is 2.29. The highest BCUT2D eigenvalue weighted by atomic mass is 35.5. The molecule has 0 saturated carbocycles. The van der Waals surface area contributed by atoms with E-state index in [1.54, 1.807) is 43.4 Å². The summed E-state index contributed by atoms with van der Waals surface area (Å²) >= 11 is 5.88. The number of phenols is 1. The van der Waals surface area contributed by atoms with E-state index < -0.39 is 0 Å². The van der Waals surface area contributed by atoms with Gasteiger partial charge >= 0.3 is 0 Å². The van der Waals surface area contributed by atoms with E-state index in [-0.39, 0.29) is 11.7 Å². The van der Waals surface area contributed by atoms with Crippen LogP contribution in [0.15, 0.2) is 42.5 Å². The molecule has 0 aromatic heterocycles. The van der Waals surface area contributed by atoms with Gasteiger partial charge < -0.3 is 14.7 Å². The van der Waals surface area contributed by atoms with Crippen LogP contribution < -0.4 is 9.64 Å². The fraction of sp³-hybridized carbons (Fsp3) is 0.133. The number of ether oxygens (including phenoxy) is 1. The molecular formula is C15H14ClNO3. The first-order chi connectivity index (χ1) is 9.52. The number of anilines is 1. The molecule has 0 atom stereocenters. The summed E-state index contributed by atoms with van der Waals surface area (Å²) in [5.41, 5.74) is 1.04. The molecule has 4 nitrogen and oxygen atoms in total. The summed E-state index contributed by atoms with van der Waals surface area (Å²) in [6, 6.07) is 11.5.